The average molecular weight is 225 g/mol. The van der Waals surface area contributed by atoms with Crippen molar-refractivity contribution in [2.45, 2.75) is 25.7 Å². The highest BCUT2D eigenvalue weighted by molar-refractivity contribution is 6.30. The van der Waals surface area contributed by atoms with Gasteiger partial charge in [-0.2, -0.15) is 0 Å². The van der Waals surface area contributed by atoms with Crippen molar-refractivity contribution >= 4 is 17.6 Å². The lowest BCUT2D eigenvalue weighted by molar-refractivity contribution is -0.141. The van der Waals surface area contributed by atoms with Crippen LogP contribution < -0.4 is 0 Å². The molecule has 0 spiro atoms. The fourth-order valence-electron chi connectivity index (χ4n) is 2.31. The Morgan fingerprint density at radius 2 is 2.33 bits per heavy atom. The molecule has 2 nitrogen and oxygen atoms in total. The van der Waals surface area contributed by atoms with Crippen molar-refractivity contribution in [3.05, 3.63) is 34.3 Å². The normalized spacial score (nSPS) is 21.1. The van der Waals surface area contributed by atoms with Gasteiger partial charge in [-0.05, 0) is 42.0 Å². The summed E-state index contributed by atoms with van der Waals surface area (Å²) in [7, 11) is 0. The number of carbonyl (C=O) groups is 1. The van der Waals surface area contributed by atoms with E-state index in [9.17, 15) is 4.79 Å². The van der Waals surface area contributed by atoms with Crippen molar-refractivity contribution in [1.29, 1.82) is 0 Å². The van der Waals surface area contributed by atoms with Crippen LogP contribution in [-0.4, -0.2) is 11.1 Å². The van der Waals surface area contributed by atoms with Gasteiger partial charge >= 0.3 is 5.97 Å². The molecule has 1 N–H and O–H groups in total. The summed E-state index contributed by atoms with van der Waals surface area (Å²) in [4.78, 5) is 10.9. The highest BCUT2D eigenvalue weighted by atomic mass is 35.5. The van der Waals surface area contributed by atoms with Crippen molar-refractivity contribution in [2.24, 2.45) is 5.92 Å². The van der Waals surface area contributed by atoms with Gasteiger partial charge in [0.2, 0.25) is 0 Å². The van der Waals surface area contributed by atoms with E-state index in [1.807, 2.05) is 18.2 Å². The summed E-state index contributed by atoms with van der Waals surface area (Å²) in [6.45, 7) is 1.77. The Balaban J connectivity index is 2.32. The standard InChI is InChI=1S/C12H13ClO2/c1-7(12(14)15)10-4-2-8-6-9(13)3-5-11(8)10/h3,5-7,10H,2,4H2,1H3,(H,14,15). The molecule has 15 heavy (non-hydrogen) atoms. The Kier molecular flexibility index (Phi) is 2.70. The molecule has 1 aliphatic rings. The second-order valence-electron chi connectivity index (χ2n) is 4.12. The van der Waals surface area contributed by atoms with Crippen molar-refractivity contribution in [3.8, 4) is 0 Å². The highest BCUT2D eigenvalue weighted by Gasteiger charge is 2.30. The fourth-order valence-corrected chi connectivity index (χ4v) is 2.51. The number of aliphatic carboxylic acids is 1. The van der Waals surface area contributed by atoms with Crippen LogP contribution in [0.15, 0.2) is 18.2 Å². The number of carboxylic acid groups (broad SMARTS) is 1. The van der Waals surface area contributed by atoms with Crippen molar-refractivity contribution in [1.82, 2.24) is 0 Å². The monoisotopic (exact) mass is 224 g/mol. The van der Waals surface area contributed by atoms with E-state index in [4.69, 9.17) is 16.7 Å². The van der Waals surface area contributed by atoms with E-state index in [1.54, 1.807) is 6.92 Å². The minimum Gasteiger partial charge on any atom is -0.481 e. The smallest absolute Gasteiger partial charge is 0.306 e. The predicted octanol–water partition coefficient (Wildman–Crippen LogP) is 3.09. The van der Waals surface area contributed by atoms with Crippen LogP contribution in [0.5, 0.6) is 0 Å². The van der Waals surface area contributed by atoms with E-state index in [0.717, 1.165) is 23.4 Å². The third-order valence-electron chi connectivity index (χ3n) is 3.22. The summed E-state index contributed by atoms with van der Waals surface area (Å²) in [6.07, 6.45) is 1.86. The van der Waals surface area contributed by atoms with Crippen LogP contribution in [0.2, 0.25) is 5.02 Å². The molecule has 2 rings (SSSR count). The molecule has 0 fully saturated rings. The van der Waals surface area contributed by atoms with Crippen LogP contribution in [0.4, 0.5) is 0 Å². The maximum atomic E-state index is 10.9. The van der Waals surface area contributed by atoms with E-state index < -0.39 is 5.97 Å². The molecule has 0 saturated carbocycles. The zero-order valence-corrected chi connectivity index (χ0v) is 9.29. The molecule has 0 aromatic heterocycles. The van der Waals surface area contributed by atoms with Gasteiger partial charge in [-0.3, -0.25) is 4.79 Å². The van der Waals surface area contributed by atoms with Gasteiger partial charge in [0.1, 0.15) is 0 Å². The molecule has 0 saturated heterocycles. The third kappa shape index (κ3) is 1.86. The molecular formula is C12H13ClO2. The first-order valence-electron chi connectivity index (χ1n) is 5.10. The number of aryl methyl sites for hydroxylation is 1. The molecule has 1 aromatic carbocycles. The van der Waals surface area contributed by atoms with E-state index >= 15 is 0 Å². The fraction of sp³-hybridized carbons (Fsp3) is 0.417. The zero-order chi connectivity index (χ0) is 11.0. The SMILES string of the molecule is CC(C(=O)O)C1CCc2cc(Cl)ccc21. The lowest BCUT2D eigenvalue weighted by Crippen LogP contribution is -2.17. The minimum absolute atomic E-state index is 0.148. The van der Waals surface area contributed by atoms with Gasteiger partial charge in [0, 0.05) is 5.02 Å². The first-order chi connectivity index (χ1) is 7.09. The van der Waals surface area contributed by atoms with Crippen LogP contribution in [0.3, 0.4) is 0 Å². The molecule has 0 amide bonds. The van der Waals surface area contributed by atoms with Gasteiger partial charge in [-0.1, -0.05) is 24.6 Å². The van der Waals surface area contributed by atoms with Gasteiger partial charge < -0.3 is 5.11 Å². The van der Waals surface area contributed by atoms with Gasteiger partial charge in [-0.25, -0.2) is 0 Å². The molecule has 1 aliphatic carbocycles. The summed E-state index contributed by atoms with van der Waals surface area (Å²) in [5.74, 6) is -0.884. The Morgan fingerprint density at radius 1 is 1.60 bits per heavy atom. The molecule has 0 aliphatic heterocycles. The number of halogens is 1. The van der Waals surface area contributed by atoms with Crippen molar-refractivity contribution < 1.29 is 9.90 Å². The molecule has 0 bridgehead atoms. The number of rotatable bonds is 2. The first kappa shape index (κ1) is 10.5. The van der Waals surface area contributed by atoms with E-state index in [2.05, 4.69) is 0 Å². The number of carboxylic acids is 1. The molecule has 0 heterocycles. The molecule has 1 aromatic rings. The lowest BCUT2D eigenvalue weighted by Gasteiger charge is -2.15. The molecule has 2 unspecified atom stereocenters. The molecule has 2 atom stereocenters. The maximum Gasteiger partial charge on any atom is 0.306 e. The quantitative estimate of drug-likeness (QED) is 0.838. The minimum atomic E-state index is -0.720. The van der Waals surface area contributed by atoms with Crippen molar-refractivity contribution in [2.75, 3.05) is 0 Å². The van der Waals surface area contributed by atoms with Gasteiger partial charge in [0.25, 0.3) is 0 Å². The second-order valence-corrected chi connectivity index (χ2v) is 4.55. The number of fused-ring (bicyclic) bond motifs is 1. The van der Waals surface area contributed by atoms with E-state index in [-0.39, 0.29) is 11.8 Å². The second kappa shape index (κ2) is 3.86. The topological polar surface area (TPSA) is 37.3 Å². The summed E-state index contributed by atoms with van der Waals surface area (Å²) >= 11 is 5.90. The summed E-state index contributed by atoms with van der Waals surface area (Å²) < 4.78 is 0. The van der Waals surface area contributed by atoms with Crippen LogP contribution >= 0.6 is 11.6 Å². The Labute approximate surface area is 93.9 Å². The first-order valence-corrected chi connectivity index (χ1v) is 5.48. The van der Waals surface area contributed by atoms with Crippen LogP contribution in [0.25, 0.3) is 0 Å². The Morgan fingerprint density at radius 3 is 3.00 bits per heavy atom. The Bertz CT molecular complexity index is 401. The van der Waals surface area contributed by atoms with Crippen LogP contribution in [-0.2, 0) is 11.2 Å². The molecule has 80 valence electrons. The van der Waals surface area contributed by atoms with Crippen LogP contribution in [0.1, 0.15) is 30.4 Å². The summed E-state index contributed by atoms with van der Waals surface area (Å²) in [6, 6.07) is 5.76. The van der Waals surface area contributed by atoms with Gasteiger partial charge in [-0.15, -0.1) is 0 Å². The van der Waals surface area contributed by atoms with E-state index in [1.165, 1.54) is 5.56 Å². The summed E-state index contributed by atoms with van der Waals surface area (Å²) in [5, 5.41) is 9.73. The lowest BCUT2D eigenvalue weighted by atomic mass is 9.89. The van der Waals surface area contributed by atoms with Gasteiger partial charge in [0.05, 0.1) is 5.92 Å². The molecule has 0 radical (unpaired) electrons. The predicted molar refractivity (Wildman–Crippen MR) is 59.3 cm³/mol. The Hall–Kier alpha value is -1.02. The third-order valence-corrected chi connectivity index (χ3v) is 3.46. The molecule has 3 heteroatoms. The number of hydrogen-bond donors (Lipinski definition) is 1. The number of hydrogen-bond acceptors (Lipinski definition) is 1. The zero-order valence-electron chi connectivity index (χ0n) is 8.53. The largest absolute Gasteiger partial charge is 0.481 e. The average Bonchev–Trinajstić information content (AvgIpc) is 2.59. The van der Waals surface area contributed by atoms with E-state index in [0.29, 0.717) is 0 Å². The van der Waals surface area contributed by atoms with Crippen LogP contribution in [0, 0.1) is 5.92 Å². The number of benzene rings is 1. The van der Waals surface area contributed by atoms with Crippen molar-refractivity contribution in [3.63, 3.8) is 0 Å². The molecular weight excluding hydrogens is 212 g/mol. The summed E-state index contributed by atoms with van der Waals surface area (Å²) in [5.41, 5.74) is 2.37. The highest BCUT2D eigenvalue weighted by Crippen LogP contribution is 2.39. The maximum absolute atomic E-state index is 10.9. The van der Waals surface area contributed by atoms with Gasteiger partial charge in [0.15, 0.2) is 0 Å².